The van der Waals surface area contributed by atoms with E-state index in [4.69, 9.17) is 0 Å². The largest absolute Gasteiger partial charge is 0.324 e. The van der Waals surface area contributed by atoms with Crippen molar-refractivity contribution in [3.8, 4) is 5.69 Å². The van der Waals surface area contributed by atoms with Gasteiger partial charge in [0.1, 0.15) is 0 Å². The van der Waals surface area contributed by atoms with Gasteiger partial charge in [-0.25, -0.2) is 4.98 Å². The standard InChI is InChI=1S/C16H14IN3/c1-12-11-20(13-7-3-2-4-8-13)16(18-12)19-15-10-6-5-9-14(15)17/h2-11H,1H3,(H,18,19). The van der Waals surface area contributed by atoms with E-state index in [0.29, 0.717) is 0 Å². The third-order valence-corrected chi connectivity index (χ3v) is 3.92. The van der Waals surface area contributed by atoms with Crippen molar-refractivity contribution >= 4 is 34.2 Å². The van der Waals surface area contributed by atoms with E-state index in [-0.39, 0.29) is 0 Å². The van der Waals surface area contributed by atoms with Crippen LogP contribution in [0.3, 0.4) is 0 Å². The number of hydrogen-bond acceptors (Lipinski definition) is 2. The van der Waals surface area contributed by atoms with E-state index in [1.54, 1.807) is 0 Å². The van der Waals surface area contributed by atoms with Crippen molar-refractivity contribution in [1.29, 1.82) is 0 Å². The summed E-state index contributed by atoms with van der Waals surface area (Å²) in [5.74, 6) is 0.831. The van der Waals surface area contributed by atoms with Gasteiger partial charge in [-0.2, -0.15) is 0 Å². The second-order valence-electron chi connectivity index (χ2n) is 4.52. The molecular weight excluding hydrogens is 361 g/mol. The van der Waals surface area contributed by atoms with E-state index in [1.165, 1.54) is 3.57 Å². The van der Waals surface area contributed by atoms with E-state index >= 15 is 0 Å². The predicted molar refractivity (Wildman–Crippen MR) is 90.7 cm³/mol. The highest BCUT2D eigenvalue weighted by atomic mass is 127. The second-order valence-corrected chi connectivity index (χ2v) is 5.68. The Morgan fingerprint density at radius 2 is 1.70 bits per heavy atom. The summed E-state index contributed by atoms with van der Waals surface area (Å²) >= 11 is 2.32. The monoisotopic (exact) mass is 375 g/mol. The Morgan fingerprint density at radius 1 is 1.00 bits per heavy atom. The molecular formula is C16H14IN3. The maximum absolute atomic E-state index is 4.57. The molecule has 1 heterocycles. The quantitative estimate of drug-likeness (QED) is 0.682. The lowest BCUT2D eigenvalue weighted by Crippen LogP contribution is -2.01. The summed E-state index contributed by atoms with van der Waals surface area (Å²) in [5.41, 5.74) is 3.15. The molecule has 0 saturated heterocycles. The molecule has 0 atom stereocenters. The number of para-hydroxylation sites is 2. The maximum Gasteiger partial charge on any atom is 0.212 e. The molecule has 0 saturated carbocycles. The first kappa shape index (κ1) is 13.2. The fourth-order valence-electron chi connectivity index (χ4n) is 2.05. The normalized spacial score (nSPS) is 10.5. The molecule has 0 aliphatic rings. The van der Waals surface area contributed by atoms with Crippen LogP contribution in [0.1, 0.15) is 5.69 Å². The minimum absolute atomic E-state index is 0.831. The first-order valence-electron chi connectivity index (χ1n) is 6.37. The van der Waals surface area contributed by atoms with Crippen molar-refractivity contribution in [2.75, 3.05) is 5.32 Å². The van der Waals surface area contributed by atoms with Crippen LogP contribution in [0.5, 0.6) is 0 Å². The maximum atomic E-state index is 4.57. The van der Waals surface area contributed by atoms with Crippen LogP contribution in [-0.2, 0) is 0 Å². The lowest BCUT2D eigenvalue weighted by molar-refractivity contribution is 1.06. The highest BCUT2D eigenvalue weighted by Gasteiger charge is 2.08. The Bertz CT molecular complexity index is 720. The predicted octanol–water partition coefficient (Wildman–Crippen LogP) is 4.53. The summed E-state index contributed by atoms with van der Waals surface area (Å²) < 4.78 is 3.24. The summed E-state index contributed by atoms with van der Waals surface area (Å²) in [4.78, 5) is 4.57. The Morgan fingerprint density at radius 3 is 2.45 bits per heavy atom. The molecule has 20 heavy (non-hydrogen) atoms. The van der Waals surface area contributed by atoms with Crippen LogP contribution >= 0.6 is 22.6 Å². The van der Waals surface area contributed by atoms with Crippen LogP contribution in [0.2, 0.25) is 0 Å². The SMILES string of the molecule is Cc1cn(-c2ccccc2)c(Nc2ccccc2I)n1. The summed E-state index contributed by atoms with van der Waals surface area (Å²) in [5, 5.41) is 3.40. The molecule has 3 nitrogen and oxygen atoms in total. The zero-order valence-electron chi connectivity index (χ0n) is 11.0. The van der Waals surface area contributed by atoms with Gasteiger partial charge in [-0.05, 0) is 53.8 Å². The molecule has 1 N–H and O–H groups in total. The third-order valence-electron chi connectivity index (χ3n) is 2.98. The Labute approximate surface area is 131 Å². The van der Waals surface area contributed by atoms with Gasteiger partial charge in [-0.15, -0.1) is 0 Å². The van der Waals surface area contributed by atoms with Crippen LogP contribution in [0.4, 0.5) is 11.6 Å². The first-order valence-corrected chi connectivity index (χ1v) is 7.45. The number of benzene rings is 2. The molecule has 4 heteroatoms. The molecule has 0 spiro atoms. The number of anilines is 2. The van der Waals surface area contributed by atoms with Crippen molar-refractivity contribution < 1.29 is 0 Å². The lowest BCUT2D eigenvalue weighted by Gasteiger charge is -2.10. The fraction of sp³-hybridized carbons (Fsp3) is 0.0625. The second kappa shape index (κ2) is 5.66. The Kier molecular flexibility index (Phi) is 3.73. The van der Waals surface area contributed by atoms with E-state index in [2.05, 4.69) is 61.7 Å². The minimum atomic E-state index is 0.831. The highest BCUT2D eigenvalue weighted by molar-refractivity contribution is 14.1. The Hall–Kier alpha value is -1.82. The number of hydrogen-bond donors (Lipinski definition) is 1. The van der Waals surface area contributed by atoms with Crippen LogP contribution in [0, 0.1) is 10.5 Å². The molecule has 0 fully saturated rings. The van der Waals surface area contributed by atoms with Gasteiger partial charge in [0.2, 0.25) is 5.95 Å². The van der Waals surface area contributed by atoms with Crippen LogP contribution in [0.15, 0.2) is 60.8 Å². The summed E-state index contributed by atoms with van der Waals surface area (Å²) in [6.45, 7) is 2.00. The average Bonchev–Trinajstić information content (AvgIpc) is 2.83. The van der Waals surface area contributed by atoms with Gasteiger partial charge in [0.05, 0.1) is 11.4 Å². The van der Waals surface area contributed by atoms with Gasteiger partial charge in [-0.3, -0.25) is 4.57 Å². The minimum Gasteiger partial charge on any atom is -0.324 e. The van der Waals surface area contributed by atoms with Gasteiger partial charge in [0.25, 0.3) is 0 Å². The van der Waals surface area contributed by atoms with Crippen molar-refractivity contribution in [3.05, 3.63) is 70.1 Å². The summed E-state index contributed by atoms with van der Waals surface area (Å²) in [6, 6.07) is 18.4. The number of nitrogens with zero attached hydrogens (tertiary/aromatic N) is 2. The van der Waals surface area contributed by atoms with Crippen LogP contribution < -0.4 is 5.32 Å². The van der Waals surface area contributed by atoms with E-state index in [0.717, 1.165) is 23.0 Å². The number of halogens is 1. The van der Waals surface area contributed by atoms with Crippen molar-refractivity contribution in [2.24, 2.45) is 0 Å². The average molecular weight is 375 g/mol. The summed E-state index contributed by atoms with van der Waals surface area (Å²) in [7, 11) is 0. The molecule has 100 valence electrons. The van der Waals surface area contributed by atoms with Crippen molar-refractivity contribution in [1.82, 2.24) is 9.55 Å². The fourth-order valence-corrected chi connectivity index (χ4v) is 2.58. The first-order chi connectivity index (χ1) is 9.74. The zero-order valence-corrected chi connectivity index (χ0v) is 13.2. The highest BCUT2D eigenvalue weighted by Crippen LogP contribution is 2.24. The van der Waals surface area contributed by atoms with Gasteiger partial charge in [-0.1, -0.05) is 30.3 Å². The van der Waals surface area contributed by atoms with E-state index in [9.17, 15) is 0 Å². The van der Waals surface area contributed by atoms with Gasteiger partial charge in [0, 0.05) is 15.5 Å². The lowest BCUT2D eigenvalue weighted by atomic mass is 10.3. The smallest absolute Gasteiger partial charge is 0.212 e. The number of rotatable bonds is 3. The molecule has 3 aromatic rings. The molecule has 0 bridgehead atoms. The van der Waals surface area contributed by atoms with Gasteiger partial charge in [0.15, 0.2) is 0 Å². The summed E-state index contributed by atoms with van der Waals surface area (Å²) in [6.07, 6.45) is 2.04. The number of imidazole rings is 1. The number of aryl methyl sites for hydroxylation is 1. The topological polar surface area (TPSA) is 29.9 Å². The van der Waals surface area contributed by atoms with Crippen molar-refractivity contribution in [2.45, 2.75) is 6.92 Å². The zero-order chi connectivity index (χ0) is 13.9. The molecule has 0 unspecified atom stereocenters. The third kappa shape index (κ3) is 2.70. The molecule has 0 amide bonds. The number of aromatic nitrogens is 2. The van der Waals surface area contributed by atoms with Crippen molar-refractivity contribution in [3.63, 3.8) is 0 Å². The molecule has 2 aromatic carbocycles. The molecule has 0 radical (unpaired) electrons. The molecule has 0 aliphatic heterocycles. The Balaban J connectivity index is 2.01. The molecule has 0 aliphatic carbocycles. The molecule has 3 rings (SSSR count). The number of nitrogens with one attached hydrogen (secondary N) is 1. The van der Waals surface area contributed by atoms with Gasteiger partial charge < -0.3 is 5.32 Å². The van der Waals surface area contributed by atoms with E-state index in [1.807, 2.05) is 43.5 Å². The van der Waals surface area contributed by atoms with E-state index < -0.39 is 0 Å². The molecule has 1 aromatic heterocycles. The van der Waals surface area contributed by atoms with Crippen LogP contribution in [0.25, 0.3) is 5.69 Å². The van der Waals surface area contributed by atoms with Gasteiger partial charge >= 0.3 is 0 Å². The van der Waals surface area contributed by atoms with Crippen LogP contribution in [-0.4, -0.2) is 9.55 Å².